The van der Waals surface area contributed by atoms with Gasteiger partial charge in [0.25, 0.3) is 0 Å². The molecule has 0 aromatic carbocycles. The zero-order chi connectivity index (χ0) is 11.1. The van der Waals surface area contributed by atoms with Crippen LogP contribution >= 0.6 is 0 Å². The van der Waals surface area contributed by atoms with Crippen molar-refractivity contribution < 1.29 is 4.79 Å². The zero-order valence-electron chi connectivity index (χ0n) is 8.70. The molecule has 1 rings (SSSR count). The molecule has 0 aromatic heterocycles. The van der Waals surface area contributed by atoms with Crippen molar-refractivity contribution in [3.8, 4) is 18.4 Å². The normalized spacial score (nSPS) is 21.3. The van der Waals surface area contributed by atoms with Gasteiger partial charge in [0.15, 0.2) is 0 Å². The molecule has 15 heavy (non-hydrogen) atoms. The van der Waals surface area contributed by atoms with Crippen LogP contribution in [0, 0.1) is 29.6 Å². The van der Waals surface area contributed by atoms with E-state index in [1.165, 1.54) is 0 Å². The van der Waals surface area contributed by atoms with Crippen LogP contribution in [0.25, 0.3) is 0 Å². The number of nitriles is 1. The number of carbonyl (C=O) groups is 1. The van der Waals surface area contributed by atoms with Gasteiger partial charge in [-0.25, -0.2) is 0 Å². The zero-order valence-corrected chi connectivity index (χ0v) is 8.70. The molecular weight excluding hydrogens is 190 g/mol. The lowest BCUT2D eigenvalue weighted by Crippen LogP contribution is -2.42. The first-order valence-corrected chi connectivity index (χ1v) is 5.08. The van der Waals surface area contributed by atoms with E-state index < -0.39 is 0 Å². The molecule has 1 aliphatic heterocycles. The fraction of sp³-hybridized carbons (Fsp3) is 0.636. The third-order valence-electron chi connectivity index (χ3n) is 2.44. The molecule has 0 aromatic rings. The molecule has 0 bridgehead atoms. The molecule has 1 aliphatic rings. The average Bonchev–Trinajstić information content (AvgIpc) is 2.26. The van der Waals surface area contributed by atoms with Gasteiger partial charge >= 0.3 is 0 Å². The first-order chi connectivity index (χ1) is 7.26. The summed E-state index contributed by atoms with van der Waals surface area (Å²) in [5, 5.41) is 11.4. The maximum absolute atomic E-state index is 11.3. The van der Waals surface area contributed by atoms with Crippen molar-refractivity contribution in [2.75, 3.05) is 26.2 Å². The van der Waals surface area contributed by atoms with E-state index in [1.807, 2.05) is 4.90 Å². The predicted molar refractivity (Wildman–Crippen MR) is 56.6 cm³/mol. The van der Waals surface area contributed by atoms with Crippen LogP contribution in [0.5, 0.6) is 0 Å². The SMILES string of the molecule is C#CCNC(=O)CN1CCCC(C#N)C1. The minimum atomic E-state index is -0.0634. The highest BCUT2D eigenvalue weighted by atomic mass is 16.2. The molecule has 0 spiro atoms. The third kappa shape index (κ3) is 4.01. The molecule has 0 radical (unpaired) electrons. The Morgan fingerprint density at radius 1 is 1.67 bits per heavy atom. The van der Waals surface area contributed by atoms with Gasteiger partial charge in [0.05, 0.1) is 25.1 Å². The molecule has 4 nitrogen and oxygen atoms in total. The summed E-state index contributed by atoms with van der Waals surface area (Å²) in [7, 11) is 0. The van der Waals surface area contributed by atoms with Crippen LogP contribution in [0.2, 0.25) is 0 Å². The Bertz CT molecular complexity index is 300. The Morgan fingerprint density at radius 3 is 3.13 bits per heavy atom. The molecule has 1 heterocycles. The summed E-state index contributed by atoms with van der Waals surface area (Å²) in [5.41, 5.74) is 0. The number of likely N-dealkylation sites (tertiary alicyclic amines) is 1. The van der Waals surface area contributed by atoms with Crippen molar-refractivity contribution >= 4 is 5.91 Å². The van der Waals surface area contributed by atoms with E-state index >= 15 is 0 Å². The van der Waals surface area contributed by atoms with Crippen molar-refractivity contribution in [3.63, 3.8) is 0 Å². The minimum absolute atomic E-state index is 0.0634. The summed E-state index contributed by atoms with van der Waals surface area (Å²) in [6.07, 6.45) is 6.96. The lowest BCUT2D eigenvalue weighted by atomic mass is 10.00. The van der Waals surface area contributed by atoms with Gasteiger partial charge in [-0.1, -0.05) is 5.92 Å². The average molecular weight is 205 g/mol. The van der Waals surface area contributed by atoms with Gasteiger partial charge < -0.3 is 5.32 Å². The van der Waals surface area contributed by atoms with Crippen LogP contribution in [-0.2, 0) is 4.79 Å². The van der Waals surface area contributed by atoms with Crippen molar-refractivity contribution in [3.05, 3.63) is 0 Å². The minimum Gasteiger partial charge on any atom is -0.344 e. The molecule has 1 N–H and O–H groups in total. The highest BCUT2D eigenvalue weighted by molar-refractivity contribution is 5.78. The van der Waals surface area contributed by atoms with Crippen LogP contribution in [-0.4, -0.2) is 37.0 Å². The quantitative estimate of drug-likeness (QED) is 0.658. The van der Waals surface area contributed by atoms with E-state index in [4.69, 9.17) is 11.7 Å². The number of nitrogens with zero attached hydrogens (tertiary/aromatic N) is 2. The van der Waals surface area contributed by atoms with Crippen LogP contribution in [0.4, 0.5) is 0 Å². The Labute approximate surface area is 90.2 Å². The molecule has 1 atom stereocenters. The smallest absolute Gasteiger partial charge is 0.234 e. The van der Waals surface area contributed by atoms with Crippen molar-refractivity contribution in [1.82, 2.24) is 10.2 Å². The van der Waals surface area contributed by atoms with Crippen molar-refractivity contribution in [1.29, 1.82) is 5.26 Å². The summed E-state index contributed by atoms with van der Waals surface area (Å²) in [6.45, 7) is 2.20. The van der Waals surface area contributed by atoms with E-state index in [0.717, 1.165) is 19.4 Å². The summed E-state index contributed by atoms with van der Waals surface area (Å²) in [4.78, 5) is 13.3. The topological polar surface area (TPSA) is 56.1 Å². The Kier molecular flexibility index (Phi) is 4.66. The molecule has 4 heteroatoms. The molecule has 1 amide bonds. The van der Waals surface area contributed by atoms with E-state index in [-0.39, 0.29) is 18.4 Å². The number of hydrogen-bond acceptors (Lipinski definition) is 3. The number of amides is 1. The molecule has 1 fully saturated rings. The second-order valence-electron chi connectivity index (χ2n) is 3.68. The van der Waals surface area contributed by atoms with Gasteiger partial charge in [0.2, 0.25) is 5.91 Å². The highest BCUT2D eigenvalue weighted by Gasteiger charge is 2.20. The standard InChI is InChI=1S/C11H15N3O/c1-2-5-13-11(15)9-14-6-3-4-10(7-12)8-14/h1,10H,3-6,8-9H2,(H,13,15). The van der Waals surface area contributed by atoms with Crippen LogP contribution in [0.3, 0.4) is 0 Å². The highest BCUT2D eigenvalue weighted by Crippen LogP contribution is 2.14. The first-order valence-electron chi connectivity index (χ1n) is 5.08. The molecule has 80 valence electrons. The largest absolute Gasteiger partial charge is 0.344 e. The van der Waals surface area contributed by atoms with Gasteiger partial charge in [-0.05, 0) is 19.4 Å². The number of terminal acetylenes is 1. The number of carbonyl (C=O) groups excluding carboxylic acids is 1. The number of nitrogens with one attached hydrogen (secondary N) is 1. The lowest BCUT2D eigenvalue weighted by molar-refractivity contribution is -0.122. The summed E-state index contributed by atoms with van der Waals surface area (Å²) in [6, 6.07) is 2.24. The molecule has 1 saturated heterocycles. The Morgan fingerprint density at radius 2 is 2.47 bits per heavy atom. The second-order valence-corrected chi connectivity index (χ2v) is 3.68. The van der Waals surface area contributed by atoms with Gasteiger partial charge in [-0.15, -0.1) is 6.42 Å². The predicted octanol–water partition coefficient (Wildman–Crippen LogP) is -0.0286. The number of piperidine rings is 1. The number of hydrogen-bond donors (Lipinski definition) is 1. The Balaban J connectivity index is 2.29. The fourth-order valence-electron chi connectivity index (χ4n) is 1.71. The maximum Gasteiger partial charge on any atom is 0.234 e. The molecule has 1 unspecified atom stereocenters. The molecular formula is C11H15N3O. The summed E-state index contributed by atoms with van der Waals surface area (Å²) in [5.74, 6) is 2.36. The van der Waals surface area contributed by atoms with Gasteiger partial charge in [-0.3, -0.25) is 9.69 Å². The van der Waals surface area contributed by atoms with Crippen LogP contribution in [0.15, 0.2) is 0 Å². The maximum atomic E-state index is 11.3. The van der Waals surface area contributed by atoms with Crippen molar-refractivity contribution in [2.24, 2.45) is 5.92 Å². The third-order valence-corrected chi connectivity index (χ3v) is 2.44. The van der Waals surface area contributed by atoms with E-state index in [9.17, 15) is 4.79 Å². The van der Waals surface area contributed by atoms with Gasteiger partial charge in [0.1, 0.15) is 0 Å². The Hall–Kier alpha value is -1.52. The van der Waals surface area contributed by atoms with Crippen LogP contribution < -0.4 is 5.32 Å². The van der Waals surface area contributed by atoms with Gasteiger partial charge in [0, 0.05) is 6.54 Å². The van der Waals surface area contributed by atoms with E-state index in [2.05, 4.69) is 17.3 Å². The van der Waals surface area contributed by atoms with E-state index in [1.54, 1.807) is 0 Å². The molecule has 0 saturated carbocycles. The lowest BCUT2D eigenvalue weighted by Gasteiger charge is -2.28. The summed E-state index contributed by atoms with van der Waals surface area (Å²) >= 11 is 0. The van der Waals surface area contributed by atoms with Gasteiger partial charge in [-0.2, -0.15) is 5.26 Å². The van der Waals surface area contributed by atoms with Crippen LogP contribution in [0.1, 0.15) is 12.8 Å². The first kappa shape index (κ1) is 11.6. The summed E-state index contributed by atoms with van der Waals surface area (Å²) < 4.78 is 0. The number of rotatable bonds is 3. The second kappa shape index (κ2) is 6.06. The fourth-order valence-corrected chi connectivity index (χ4v) is 1.71. The van der Waals surface area contributed by atoms with Crippen molar-refractivity contribution in [2.45, 2.75) is 12.8 Å². The monoisotopic (exact) mass is 205 g/mol. The molecule has 0 aliphatic carbocycles. The van der Waals surface area contributed by atoms with E-state index in [0.29, 0.717) is 13.1 Å².